The normalized spacial score (nSPS) is 10.2. The maximum Gasteiger partial charge on any atom is 0.254 e. The molecule has 16 heavy (non-hydrogen) atoms. The Hall–Kier alpha value is -1.00. The second-order valence-electron chi connectivity index (χ2n) is 3.59. The van der Waals surface area contributed by atoms with E-state index in [1.54, 1.807) is 25.1 Å². The number of benzene rings is 1. The van der Waals surface area contributed by atoms with E-state index in [-0.39, 0.29) is 5.91 Å². The van der Waals surface area contributed by atoms with Gasteiger partial charge in [0, 0.05) is 32.2 Å². The Labute approximate surface area is 102 Å². The zero-order valence-corrected chi connectivity index (χ0v) is 10.5. The Balaban J connectivity index is 2.60. The zero-order chi connectivity index (χ0) is 12.0. The molecule has 0 aliphatic rings. The summed E-state index contributed by atoms with van der Waals surface area (Å²) < 4.78 is 4.95. The Morgan fingerprint density at radius 3 is 2.75 bits per heavy atom. The molecule has 0 heterocycles. The number of carbonyl (C=O) groups excluding carboxylic acids is 1. The molecule has 1 amide bonds. The van der Waals surface area contributed by atoms with Crippen molar-refractivity contribution < 1.29 is 9.53 Å². The minimum atomic E-state index is 0.00158. The van der Waals surface area contributed by atoms with E-state index in [2.05, 4.69) is 12.6 Å². The molecule has 0 spiro atoms. The van der Waals surface area contributed by atoms with Gasteiger partial charge in [-0.15, -0.1) is 12.6 Å². The number of hydrogen-bond donors (Lipinski definition) is 1. The smallest absolute Gasteiger partial charge is 0.254 e. The van der Waals surface area contributed by atoms with Crippen LogP contribution in [0.4, 0.5) is 0 Å². The van der Waals surface area contributed by atoms with E-state index in [4.69, 9.17) is 4.74 Å². The summed E-state index contributed by atoms with van der Waals surface area (Å²) in [7, 11) is 3.45. The minimum Gasteiger partial charge on any atom is -0.385 e. The Bertz CT molecular complexity index is 355. The van der Waals surface area contributed by atoms with E-state index in [1.165, 1.54) is 0 Å². The molecule has 0 unspecified atom stereocenters. The molecule has 0 atom stereocenters. The number of ether oxygens (including phenoxy) is 1. The lowest BCUT2D eigenvalue weighted by Crippen LogP contribution is -2.28. The Morgan fingerprint density at radius 2 is 2.12 bits per heavy atom. The molecule has 0 radical (unpaired) electrons. The number of nitrogens with zero attached hydrogens (tertiary/aromatic N) is 1. The van der Waals surface area contributed by atoms with Crippen LogP contribution in [0.1, 0.15) is 16.8 Å². The fraction of sp³-hybridized carbons (Fsp3) is 0.417. The molecule has 1 aromatic rings. The molecule has 0 aliphatic heterocycles. The number of hydrogen-bond acceptors (Lipinski definition) is 3. The van der Waals surface area contributed by atoms with Crippen molar-refractivity contribution in [1.82, 2.24) is 4.90 Å². The largest absolute Gasteiger partial charge is 0.385 e. The van der Waals surface area contributed by atoms with Crippen LogP contribution in [0.2, 0.25) is 0 Å². The van der Waals surface area contributed by atoms with Gasteiger partial charge in [0.1, 0.15) is 0 Å². The molecule has 0 aliphatic carbocycles. The highest BCUT2D eigenvalue weighted by molar-refractivity contribution is 7.80. The molecule has 0 fully saturated rings. The van der Waals surface area contributed by atoms with Gasteiger partial charge in [0.05, 0.1) is 5.56 Å². The van der Waals surface area contributed by atoms with Crippen LogP contribution in [0.3, 0.4) is 0 Å². The van der Waals surface area contributed by atoms with Gasteiger partial charge >= 0.3 is 0 Å². The lowest BCUT2D eigenvalue weighted by molar-refractivity contribution is 0.0776. The van der Waals surface area contributed by atoms with Crippen molar-refractivity contribution in [3.8, 4) is 0 Å². The van der Waals surface area contributed by atoms with Crippen molar-refractivity contribution in [1.29, 1.82) is 0 Å². The van der Waals surface area contributed by atoms with Crippen LogP contribution in [-0.4, -0.2) is 38.1 Å². The summed E-state index contributed by atoms with van der Waals surface area (Å²) in [6, 6.07) is 7.32. The second kappa shape index (κ2) is 6.55. The topological polar surface area (TPSA) is 29.5 Å². The molecule has 0 bridgehead atoms. The molecule has 0 saturated carbocycles. The summed E-state index contributed by atoms with van der Waals surface area (Å²) >= 11 is 4.27. The molecule has 88 valence electrons. The third-order valence-electron chi connectivity index (χ3n) is 2.32. The van der Waals surface area contributed by atoms with Crippen LogP contribution < -0.4 is 0 Å². The molecular formula is C12H17NO2S. The van der Waals surface area contributed by atoms with E-state index in [0.29, 0.717) is 23.6 Å². The molecule has 3 nitrogen and oxygen atoms in total. The summed E-state index contributed by atoms with van der Waals surface area (Å²) in [6.07, 6.45) is 0.841. The van der Waals surface area contributed by atoms with Crippen molar-refractivity contribution in [2.24, 2.45) is 0 Å². The predicted octanol–water partition coefficient (Wildman–Crippen LogP) is 2.08. The van der Waals surface area contributed by atoms with Crippen LogP contribution in [0.15, 0.2) is 29.2 Å². The minimum absolute atomic E-state index is 0.00158. The van der Waals surface area contributed by atoms with Gasteiger partial charge in [-0.2, -0.15) is 0 Å². The first-order valence-corrected chi connectivity index (χ1v) is 5.64. The lowest BCUT2D eigenvalue weighted by atomic mass is 10.2. The van der Waals surface area contributed by atoms with Crippen molar-refractivity contribution in [3.05, 3.63) is 29.8 Å². The zero-order valence-electron chi connectivity index (χ0n) is 9.64. The van der Waals surface area contributed by atoms with Gasteiger partial charge in [0.15, 0.2) is 0 Å². The molecule has 1 aromatic carbocycles. The molecule has 4 heteroatoms. The SMILES string of the molecule is COCCCN(C)C(=O)c1ccccc1S. The quantitative estimate of drug-likeness (QED) is 0.630. The molecular weight excluding hydrogens is 222 g/mol. The Morgan fingerprint density at radius 1 is 1.44 bits per heavy atom. The first kappa shape index (κ1) is 13.1. The van der Waals surface area contributed by atoms with E-state index in [1.807, 2.05) is 18.2 Å². The van der Waals surface area contributed by atoms with Gasteiger partial charge in [0.2, 0.25) is 0 Å². The third kappa shape index (κ3) is 3.54. The molecule has 0 saturated heterocycles. The molecule has 0 N–H and O–H groups in total. The van der Waals surface area contributed by atoms with E-state index in [9.17, 15) is 4.79 Å². The van der Waals surface area contributed by atoms with Gasteiger partial charge in [-0.05, 0) is 18.6 Å². The number of thiol groups is 1. The molecule has 0 aromatic heterocycles. The van der Waals surface area contributed by atoms with Crippen LogP contribution in [0.25, 0.3) is 0 Å². The lowest BCUT2D eigenvalue weighted by Gasteiger charge is -2.17. The first-order valence-electron chi connectivity index (χ1n) is 5.19. The summed E-state index contributed by atoms with van der Waals surface area (Å²) in [5.41, 5.74) is 0.644. The monoisotopic (exact) mass is 239 g/mol. The van der Waals surface area contributed by atoms with E-state index < -0.39 is 0 Å². The van der Waals surface area contributed by atoms with Crippen LogP contribution in [0, 0.1) is 0 Å². The fourth-order valence-corrected chi connectivity index (χ4v) is 1.66. The Kier molecular flexibility index (Phi) is 5.35. The highest BCUT2D eigenvalue weighted by Gasteiger charge is 2.13. The van der Waals surface area contributed by atoms with Gasteiger partial charge < -0.3 is 9.64 Å². The van der Waals surface area contributed by atoms with Gasteiger partial charge in [0.25, 0.3) is 5.91 Å². The van der Waals surface area contributed by atoms with Crippen LogP contribution in [-0.2, 0) is 4.74 Å². The number of rotatable bonds is 5. The van der Waals surface area contributed by atoms with Crippen LogP contribution in [0.5, 0.6) is 0 Å². The van der Waals surface area contributed by atoms with Crippen LogP contribution >= 0.6 is 12.6 Å². The maximum atomic E-state index is 12.0. The summed E-state index contributed by atoms with van der Waals surface area (Å²) in [5, 5.41) is 0. The highest BCUT2D eigenvalue weighted by Crippen LogP contribution is 2.14. The van der Waals surface area contributed by atoms with Gasteiger partial charge in [-0.25, -0.2) is 0 Å². The number of methoxy groups -OCH3 is 1. The van der Waals surface area contributed by atoms with E-state index >= 15 is 0 Å². The standard InChI is InChI=1S/C12H17NO2S/c1-13(8-5-9-15-2)12(14)10-6-3-4-7-11(10)16/h3-4,6-7,16H,5,8-9H2,1-2H3. The summed E-state index contributed by atoms with van der Waals surface area (Å²) in [5.74, 6) is 0.00158. The van der Waals surface area contributed by atoms with Gasteiger partial charge in [-0.1, -0.05) is 12.1 Å². The predicted molar refractivity (Wildman–Crippen MR) is 67.1 cm³/mol. The van der Waals surface area contributed by atoms with Gasteiger partial charge in [-0.3, -0.25) is 4.79 Å². The van der Waals surface area contributed by atoms with Crippen molar-refractivity contribution in [3.63, 3.8) is 0 Å². The average Bonchev–Trinajstić information content (AvgIpc) is 2.29. The second-order valence-corrected chi connectivity index (χ2v) is 4.07. The maximum absolute atomic E-state index is 12.0. The van der Waals surface area contributed by atoms with Crippen molar-refractivity contribution in [2.75, 3.05) is 27.3 Å². The van der Waals surface area contributed by atoms with E-state index in [0.717, 1.165) is 6.42 Å². The third-order valence-corrected chi connectivity index (χ3v) is 2.71. The first-order chi connectivity index (χ1) is 7.66. The highest BCUT2D eigenvalue weighted by atomic mass is 32.1. The number of amides is 1. The summed E-state index contributed by atoms with van der Waals surface area (Å²) in [4.78, 5) is 14.4. The summed E-state index contributed by atoms with van der Waals surface area (Å²) in [6.45, 7) is 1.36. The number of carbonyl (C=O) groups is 1. The van der Waals surface area contributed by atoms with Crippen molar-refractivity contribution in [2.45, 2.75) is 11.3 Å². The average molecular weight is 239 g/mol. The van der Waals surface area contributed by atoms with Crippen molar-refractivity contribution >= 4 is 18.5 Å². The molecule has 1 rings (SSSR count). The fourth-order valence-electron chi connectivity index (χ4n) is 1.41.